The third-order valence-corrected chi connectivity index (χ3v) is 5.51. The lowest BCUT2D eigenvalue weighted by atomic mass is 10.0. The van der Waals surface area contributed by atoms with Gasteiger partial charge in [-0.1, -0.05) is 62.0 Å². The van der Waals surface area contributed by atoms with Crippen LogP contribution in [-0.2, 0) is 4.79 Å². The molecule has 4 rings (SSSR count). The molecular weight excluding hydrogens is 396 g/mol. The first-order valence-electron chi connectivity index (χ1n) is 9.70. The number of carbonyl (C=O) groups excluding carboxylic acids is 1. The summed E-state index contributed by atoms with van der Waals surface area (Å²) >= 11 is 1.34. The van der Waals surface area contributed by atoms with Gasteiger partial charge in [0.2, 0.25) is 11.7 Å². The molecule has 2 aromatic carbocycles. The van der Waals surface area contributed by atoms with Crippen LogP contribution in [0.4, 0.5) is 5.69 Å². The van der Waals surface area contributed by atoms with Gasteiger partial charge in [-0.15, -0.1) is 10.2 Å². The number of thioether (sulfide) groups is 1. The van der Waals surface area contributed by atoms with Crippen LogP contribution < -0.4 is 5.32 Å². The molecule has 1 N–H and O–H groups in total. The zero-order chi connectivity index (χ0) is 20.9. The van der Waals surface area contributed by atoms with Gasteiger partial charge in [0.15, 0.2) is 10.9 Å². The molecule has 0 aliphatic heterocycles. The van der Waals surface area contributed by atoms with Crippen molar-refractivity contribution in [3.05, 3.63) is 78.6 Å². The molecule has 152 valence electrons. The highest BCUT2D eigenvalue weighted by molar-refractivity contribution is 7.99. The Morgan fingerprint density at radius 1 is 1.03 bits per heavy atom. The van der Waals surface area contributed by atoms with Gasteiger partial charge in [0.1, 0.15) is 0 Å². The van der Waals surface area contributed by atoms with Gasteiger partial charge >= 0.3 is 0 Å². The predicted molar refractivity (Wildman–Crippen MR) is 119 cm³/mol. The van der Waals surface area contributed by atoms with E-state index < -0.39 is 0 Å². The summed E-state index contributed by atoms with van der Waals surface area (Å²) in [6.45, 7) is 4.22. The van der Waals surface area contributed by atoms with Crippen LogP contribution in [0.15, 0.2) is 82.6 Å². The monoisotopic (exact) mass is 418 g/mol. The Bertz CT molecular complexity index is 1120. The van der Waals surface area contributed by atoms with Gasteiger partial charge in [-0.25, -0.2) is 0 Å². The summed E-state index contributed by atoms with van der Waals surface area (Å²) in [5.74, 6) is 1.67. The van der Waals surface area contributed by atoms with Crippen molar-refractivity contribution in [1.29, 1.82) is 0 Å². The molecule has 30 heavy (non-hydrogen) atoms. The molecule has 4 aromatic rings. The van der Waals surface area contributed by atoms with Gasteiger partial charge in [0.05, 0.1) is 12.0 Å². The predicted octanol–water partition coefficient (Wildman–Crippen LogP) is 5.38. The standard InChI is InChI=1S/C23H22N4O2S/c1-16(2)18-11-6-7-12-19(18)24-21(28)15-30-23-26-25-22(20-13-8-14-29-20)27(23)17-9-4-3-5-10-17/h3-14,16H,15H2,1-2H3,(H,24,28). The third kappa shape index (κ3) is 4.31. The normalized spacial score (nSPS) is 11.0. The zero-order valence-corrected chi connectivity index (χ0v) is 17.6. The minimum atomic E-state index is -0.0877. The van der Waals surface area contributed by atoms with Crippen molar-refractivity contribution in [2.75, 3.05) is 11.1 Å². The zero-order valence-electron chi connectivity index (χ0n) is 16.8. The Morgan fingerprint density at radius 2 is 1.80 bits per heavy atom. The number of rotatable bonds is 7. The Morgan fingerprint density at radius 3 is 2.53 bits per heavy atom. The molecule has 0 bridgehead atoms. The van der Waals surface area contributed by atoms with E-state index in [1.165, 1.54) is 11.8 Å². The smallest absolute Gasteiger partial charge is 0.234 e. The molecule has 1 amide bonds. The molecule has 2 aromatic heterocycles. The number of carbonyl (C=O) groups is 1. The lowest BCUT2D eigenvalue weighted by Gasteiger charge is -2.13. The van der Waals surface area contributed by atoms with Crippen LogP contribution in [0.25, 0.3) is 17.3 Å². The van der Waals surface area contributed by atoms with E-state index in [2.05, 4.69) is 29.4 Å². The summed E-state index contributed by atoms with van der Waals surface area (Å²) in [6, 6.07) is 21.3. The van der Waals surface area contributed by atoms with E-state index in [9.17, 15) is 4.79 Å². The topological polar surface area (TPSA) is 73.0 Å². The molecule has 0 spiro atoms. The number of benzene rings is 2. The Kier molecular flexibility index (Phi) is 5.99. The van der Waals surface area contributed by atoms with E-state index in [4.69, 9.17) is 4.42 Å². The second kappa shape index (κ2) is 9.00. The third-order valence-electron chi connectivity index (χ3n) is 4.58. The van der Waals surface area contributed by atoms with Gasteiger partial charge in [-0.2, -0.15) is 0 Å². The maximum absolute atomic E-state index is 12.6. The molecule has 6 nitrogen and oxygen atoms in total. The van der Waals surface area contributed by atoms with E-state index in [-0.39, 0.29) is 11.7 Å². The van der Waals surface area contributed by atoms with E-state index in [1.807, 2.05) is 71.3 Å². The van der Waals surface area contributed by atoms with Crippen LogP contribution in [0.2, 0.25) is 0 Å². The van der Waals surface area contributed by atoms with Crippen LogP contribution >= 0.6 is 11.8 Å². The van der Waals surface area contributed by atoms with E-state index in [0.717, 1.165) is 16.9 Å². The molecule has 0 atom stereocenters. The lowest BCUT2D eigenvalue weighted by Crippen LogP contribution is -2.16. The van der Waals surface area contributed by atoms with Gasteiger partial charge in [-0.3, -0.25) is 9.36 Å². The van der Waals surface area contributed by atoms with Crippen molar-refractivity contribution in [2.45, 2.75) is 24.9 Å². The molecular formula is C23H22N4O2S. The Hall–Kier alpha value is -3.32. The number of hydrogen-bond donors (Lipinski definition) is 1. The first kappa shape index (κ1) is 20.0. The second-order valence-corrected chi connectivity index (χ2v) is 7.98. The number of hydrogen-bond acceptors (Lipinski definition) is 5. The number of amides is 1. The molecule has 0 unspecified atom stereocenters. The number of anilines is 1. The molecule has 0 aliphatic carbocycles. The Labute approximate surface area is 179 Å². The fraction of sp³-hybridized carbons (Fsp3) is 0.174. The number of aromatic nitrogens is 3. The first-order chi connectivity index (χ1) is 14.6. The van der Waals surface area contributed by atoms with E-state index >= 15 is 0 Å². The number of para-hydroxylation sites is 2. The van der Waals surface area contributed by atoms with E-state index in [0.29, 0.717) is 22.7 Å². The highest BCUT2D eigenvalue weighted by atomic mass is 32.2. The second-order valence-electron chi connectivity index (χ2n) is 7.03. The molecule has 0 aliphatic rings. The fourth-order valence-electron chi connectivity index (χ4n) is 3.17. The minimum Gasteiger partial charge on any atom is -0.461 e. The highest BCUT2D eigenvalue weighted by Gasteiger charge is 2.19. The van der Waals surface area contributed by atoms with Crippen molar-refractivity contribution >= 4 is 23.4 Å². The molecule has 2 heterocycles. The molecule has 7 heteroatoms. The summed E-state index contributed by atoms with van der Waals surface area (Å²) in [6.07, 6.45) is 1.60. The maximum atomic E-state index is 12.6. The summed E-state index contributed by atoms with van der Waals surface area (Å²) in [7, 11) is 0. The van der Waals surface area contributed by atoms with Gasteiger partial charge in [0.25, 0.3) is 0 Å². The summed E-state index contributed by atoms with van der Waals surface area (Å²) in [5, 5.41) is 12.3. The first-order valence-corrected chi connectivity index (χ1v) is 10.7. The quantitative estimate of drug-likeness (QED) is 0.408. The van der Waals surface area contributed by atoms with Crippen molar-refractivity contribution in [3.63, 3.8) is 0 Å². The maximum Gasteiger partial charge on any atom is 0.234 e. The minimum absolute atomic E-state index is 0.0877. The summed E-state index contributed by atoms with van der Waals surface area (Å²) < 4.78 is 7.42. The number of nitrogens with one attached hydrogen (secondary N) is 1. The van der Waals surface area contributed by atoms with Crippen LogP contribution in [0, 0.1) is 0 Å². The highest BCUT2D eigenvalue weighted by Crippen LogP contribution is 2.29. The number of nitrogens with zero attached hydrogens (tertiary/aromatic N) is 3. The average molecular weight is 419 g/mol. The molecule has 0 saturated carbocycles. The van der Waals surface area contributed by atoms with Gasteiger partial charge in [-0.05, 0) is 41.8 Å². The van der Waals surface area contributed by atoms with Crippen LogP contribution in [-0.4, -0.2) is 26.4 Å². The van der Waals surface area contributed by atoms with Crippen molar-refractivity contribution in [2.24, 2.45) is 0 Å². The van der Waals surface area contributed by atoms with Crippen molar-refractivity contribution in [3.8, 4) is 17.3 Å². The lowest BCUT2D eigenvalue weighted by molar-refractivity contribution is -0.113. The molecule has 0 radical (unpaired) electrons. The summed E-state index contributed by atoms with van der Waals surface area (Å²) in [5.41, 5.74) is 2.87. The van der Waals surface area contributed by atoms with Crippen LogP contribution in [0.1, 0.15) is 25.3 Å². The molecule has 0 saturated heterocycles. The van der Waals surface area contributed by atoms with Crippen molar-refractivity contribution < 1.29 is 9.21 Å². The van der Waals surface area contributed by atoms with E-state index in [1.54, 1.807) is 6.26 Å². The average Bonchev–Trinajstić information content (AvgIpc) is 3.43. The number of furan rings is 1. The fourth-order valence-corrected chi connectivity index (χ4v) is 3.92. The van der Waals surface area contributed by atoms with Crippen LogP contribution in [0.3, 0.4) is 0 Å². The SMILES string of the molecule is CC(C)c1ccccc1NC(=O)CSc1nnc(-c2ccco2)n1-c1ccccc1. The summed E-state index contributed by atoms with van der Waals surface area (Å²) in [4.78, 5) is 12.6. The van der Waals surface area contributed by atoms with Gasteiger partial charge < -0.3 is 9.73 Å². The Balaban J connectivity index is 1.55. The van der Waals surface area contributed by atoms with Crippen molar-refractivity contribution in [1.82, 2.24) is 14.8 Å². The molecule has 0 fully saturated rings. The van der Waals surface area contributed by atoms with Crippen LogP contribution in [0.5, 0.6) is 0 Å². The van der Waals surface area contributed by atoms with Gasteiger partial charge in [0, 0.05) is 11.4 Å². The largest absolute Gasteiger partial charge is 0.461 e.